The Morgan fingerprint density at radius 2 is 1.72 bits per heavy atom. The third-order valence-corrected chi connectivity index (χ3v) is 6.25. The number of hydrogen-bond donors (Lipinski definition) is 1. The van der Waals surface area contributed by atoms with Crippen molar-refractivity contribution < 1.29 is 22.4 Å². The zero-order chi connectivity index (χ0) is 23.9. The maximum atomic E-state index is 14.4. The lowest BCUT2D eigenvalue weighted by atomic mass is 10.1. The van der Waals surface area contributed by atoms with E-state index in [4.69, 9.17) is 0 Å². The number of nitrogens with zero attached hydrogens (tertiary/aromatic N) is 2. The van der Waals surface area contributed by atoms with Crippen molar-refractivity contribution in [3.8, 4) is 0 Å². The largest absolute Gasteiger partial charge is 0.354 e. The van der Waals surface area contributed by atoms with E-state index in [1.165, 1.54) is 23.1 Å². The Bertz CT molecular complexity index is 1060. The Morgan fingerprint density at radius 3 is 2.31 bits per heavy atom. The monoisotopic (exact) mass is 463 g/mol. The number of anilines is 1. The summed E-state index contributed by atoms with van der Waals surface area (Å²) in [5.41, 5.74) is 1.54. The van der Waals surface area contributed by atoms with Crippen molar-refractivity contribution >= 4 is 27.5 Å². The number of halogens is 1. The van der Waals surface area contributed by atoms with Gasteiger partial charge in [-0.1, -0.05) is 43.3 Å². The predicted octanol–water partition coefficient (Wildman–Crippen LogP) is 2.84. The van der Waals surface area contributed by atoms with E-state index in [1.54, 1.807) is 6.92 Å². The van der Waals surface area contributed by atoms with Gasteiger partial charge in [0.15, 0.2) is 0 Å². The van der Waals surface area contributed by atoms with Crippen molar-refractivity contribution in [1.82, 2.24) is 10.2 Å². The zero-order valence-electron chi connectivity index (χ0n) is 18.8. The van der Waals surface area contributed by atoms with Gasteiger partial charge < -0.3 is 10.2 Å². The highest BCUT2D eigenvalue weighted by Crippen LogP contribution is 2.22. The first-order chi connectivity index (χ1) is 15.1. The Balaban J connectivity index is 2.40. The number of carbonyl (C=O) groups is 2. The molecule has 32 heavy (non-hydrogen) atoms. The molecule has 1 atom stereocenters. The van der Waals surface area contributed by atoms with Gasteiger partial charge in [-0.15, -0.1) is 0 Å². The number of hydrogen-bond acceptors (Lipinski definition) is 4. The van der Waals surface area contributed by atoms with Gasteiger partial charge in [-0.05, 0) is 43.5 Å². The number of rotatable bonds is 10. The van der Waals surface area contributed by atoms with Gasteiger partial charge >= 0.3 is 0 Å². The Kier molecular flexibility index (Phi) is 8.77. The molecule has 0 aliphatic heterocycles. The van der Waals surface area contributed by atoms with E-state index >= 15 is 0 Å². The fraction of sp³-hybridized carbons (Fsp3) is 0.391. The van der Waals surface area contributed by atoms with E-state index in [1.807, 2.05) is 38.1 Å². The first-order valence-corrected chi connectivity index (χ1v) is 12.2. The van der Waals surface area contributed by atoms with Crippen molar-refractivity contribution in [1.29, 1.82) is 0 Å². The number of carbonyl (C=O) groups excluding carboxylic acids is 2. The lowest BCUT2D eigenvalue weighted by Gasteiger charge is -2.32. The molecule has 2 aromatic rings. The molecular weight excluding hydrogens is 433 g/mol. The van der Waals surface area contributed by atoms with E-state index < -0.39 is 34.3 Å². The molecule has 0 fully saturated rings. The first-order valence-electron chi connectivity index (χ1n) is 10.4. The summed E-state index contributed by atoms with van der Waals surface area (Å²) in [6.07, 6.45) is 1.65. The highest BCUT2D eigenvalue weighted by Gasteiger charge is 2.31. The summed E-state index contributed by atoms with van der Waals surface area (Å²) in [4.78, 5) is 27.3. The minimum absolute atomic E-state index is 0.112. The van der Waals surface area contributed by atoms with Gasteiger partial charge in [-0.3, -0.25) is 13.9 Å². The van der Waals surface area contributed by atoms with Gasteiger partial charge in [-0.25, -0.2) is 12.8 Å². The molecular formula is C23H30FN3O4S. The minimum Gasteiger partial charge on any atom is -0.354 e. The summed E-state index contributed by atoms with van der Waals surface area (Å²) in [6.45, 7) is 5.34. The van der Waals surface area contributed by atoms with Crippen LogP contribution in [0.15, 0.2) is 48.5 Å². The van der Waals surface area contributed by atoms with Crippen LogP contribution in [0.25, 0.3) is 0 Å². The summed E-state index contributed by atoms with van der Waals surface area (Å²) in [5, 5.41) is 2.77. The molecule has 0 radical (unpaired) electrons. The summed E-state index contributed by atoms with van der Waals surface area (Å²) in [5.74, 6) is -1.71. The molecule has 2 amide bonds. The summed E-state index contributed by atoms with van der Waals surface area (Å²) in [7, 11) is -3.96. The number of amides is 2. The van der Waals surface area contributed by atoms with Crippen molar-refractivity contribution in [2.24, 2.45) is 0 Å². The number of sulfonamides is 1. The topological polar surface area (TPSA) is 86.8 Å². The third kappa shape index (κ3) is 6.53. The van der Waals surface area contributed by atoms with Gasteiger partial charge in [-0.2, -0.15) is 0 Å². The predicted molar refractivity (Wildman–Crippen MR) is 123 cm³/mol. The number of aryl methyl sites for hydroxylation is 1. The third-order valence-electron chi connectivity index (χ3n) is 5.12. The van der Waals surface area contributed by atoms with Crippen molar-refractivity contribution in [2.45, 2.75) is 39.8 Å². The maximum absolute atomic E-state index is 14.4. The van der Waals surface area contributed by atoms with E-state index in [-0.39, 0.29) is 18.1 Å². The molecule has 0 saturated heterocycles. The Morgan fingerprint density at radius 1 is 1.09 bits per heavy atom. The lowest BCUT2D eigenvalue weighted by molar-refractivity contribution is -0.139. The lowest BCUT2D eigenvalue weighted by Crippen LogP contribution is -2.51. The first kappa shape index (κ1) is 25.3. The molecule has 0 heterocycles. The molecule has 0 unspecified atom stereocenters. The van der Waals surface area contributed by atoms with E-state index in [2.05, 4.69) is 5.32 Å². The summed E-state index contributed by atoms with van der Waals surface area (Å²) < 4.78 is 39.9. The molecule has 174 valence electrons. The molecule has 2 aromatic carbocycles. The van der Waals surface area contributed by atoms with E-state index in [9.17, 15) is 22.4 Å². The second-order valence-corrected chi connectivity index (χ2v) is 9.54. The van der Waals surface area contributed by atoms with Crippen LogP contribution in [-0.4, -0.2) is 50.5 Å². The van der Waals surface area contributed by atoms with Crippen LogP contribution >= 0.6 is 0 Å². The van der Waals surface area contributed by atoms with Gasteiger partial charge in [0.05, 0.1) is 11.9 Å². The SMILES string of the molecule is CCCNC(=O)[C@H](C)N(Cc1ccccc1C)C(=O)CN(c1ccccc1F)S(C)(=O)=O. The van der Waals surface area contributed by atoms with Crippen molar-refractivity contribution in [2.75, 3.05) is 23.7 Å². The van der Waals surface area contributed by atoms with Crippen LogP contribution in [0.1, 0.15) is 31.4 Å². The molecule has 2 rings (SSSR count). The molecule has 0 bridgehead atoms. The van der Waals surface area contributed by atoms with Crippen LogP contribution < -0.4 is 9.62 Å². The fourth-order valence-corrected chi connectivity index (χ4v) is 4.05. The van der Waals surface area contributed by atoms with Crippen LogP contribution in [0.3, 0.4) is 0 Å². The zero-order valence-corrected chi connectivity index (χ0v) is 19.7. The summed E-state index contributed by atoms with van der Waals surface area (Å²) in [6, 6.07) is 11.9. The van der Waals surface area contributed by atoms with Crippen LogP contribution in [0.2, 0.25) is 0 Å². The molecule has 0 saturated carbocycles. The molecule has 0 aromatic heterocycles. The second-order valence-electron chi connectivity index (χ2n) is 7.64. The van der Waals surface area contributed by atoms with Crippen molar-refractivity contribution in [3.05, 3.63) is 65.5 Å². The molecule has 0 aliphatic carbocycles. The maximum Gasteiger partial charge on any atom is 0.244 e. The Labute approximate surface area is 189 Å². The average Bonchev–Trinajstić information content (AvgIpc) is 2.74. The smallest absolute Gasteiger partial charge is 0.244 e. The van der Waals surface area contributed by atoms with Crippen LogP contribution in [-0.2, 0) is 26.2 Å². The average molecular weight is 464 g/mol. The van der Waals surface area contributed by atoms with Gasteiger partial charge in [0.1, 0.15) is 18.4 Å². The molecule has 9 heteroatoms. The van der Waals surface area contributed by atoms with Crippen LogP contribution in [0.4, 0.5) is 10.1 Å². The molecule has 0 spiro atoms. The van der Waals surface area contributed by atoms with Crippen LogP contribution in [0.5, 0.6) is 0 Å². The van der Waals surface area contributed by atoms with Gasteiger partial charge in [0, 0.05) is 13.1 Å². The molecule has 7 nitrogen and oxygen atoms in total. The van der Waals surface area contributed by atoms with Gasteiger partial charge in [0.25, 0.3) is 0 Å². The molecule has 1 N–H and O–H groups in total. The second kappa shape index (κ2) is 11.1. The van der Waals surface area contributed by atoms with Gasteiger partial charge in [0.2, 0.25) is 21.8 Å². The number of para-hydroxylation sites is 1. The highest BCUT2D eigenvalue weighted by atomic mass is 32.2. The van der Waals surface area contributed by atoms with Crippen LogP contribution in [0, 0.1) is 12.7 Å². The standard InChI is InChI=1S/C23H30FN3O4S/c1-5-14-25-23(29)18(3)26(15-19-11-7-6-10-17(19)2)22(28)16-27(32(4,30)31)21-13-9-8-12-20(21)24/h6-13,18H,5,14-16H2,1-4H3,(H,25,29)/t18-/m0/s1. The van der Waals surface area contributed by atoms with Crippen molar-refractivity contribution in [3.63, 3.8) is 0 Å². The quantitative estimate of drug-likeness (QED) is 0.587. The highest BCUT2D eigenvalue weighted by molar-refractivity contribution is 7.92. The van der Waals surface area contributed by atoms with E-state index in [0.29, 0.717) is 6.54 Å². The minimum atomic E-state index is -3.96. The number of benzene rings is 2. The Hall–Kier alpha value is -2.94. The van der Waals surface area contributed by atoms with E-state index in [0.717, 1.165) is 34.2 Å². The molecule has 0 aliphatic rings. The normalized spacial score (nSPS) is 12.2. The summed E-state index contributed by atoms with van der Waals surface area (Å²) >= 11 is 0. The number of nitrogens with one attached hydrogen (secondary N) is 1. The fourth-order valence-electron chi connectivity index (χ4n) is 3.20.